The molecule has 1 unspecified atom stereocenters. The van der Waals surface area contributed by atoms with E-state index in [1.165, 1.54) is 11.8 Å². The van der Waals surface area contributed by atoms with Gasteiger partial charge in [-0.15, -0.1) is 0 Å². The van der Waals surface area contributed by atoms with Crippen LogP contribution < -0.4 is 5.73 Å². The number of rotatable bonds is 5. The summed E-state index contributed by atoms with van der Waals surface area (Å²) in [5.74, 6) is 0.222. The molecule has 4 heteroatoms. The van der Waals surface area contributed by atoms with Crippen molar-refractivity contribution in [1.29, 1.82) is 0 Å². The van der Waals surface area contributed by atoms with Gasteiger partial charge < -0.3 is 0 Å². The van der Waals surface area contributed by atoms with Crippen molar-refractivity contribution < 1.29 is 9.37 Å². The van der Waals surface area contributed by atoms with E-state index in [9.17, 15) is 4.79 Å². The zero-order chi connectivity index (χ0) is 14.8. The lowest BCUT2D eigenvalue weighted by Gasteiger charge is -2.30. The number of Topliss-reactive ketones (excluding diaryl/α,β-unsaturated/α-hetero) is 1. The number of hydrogen-bond acceptors (Lipinski definition) is 3. The van der Waals surface area contributed by atoms with Gasteiger partial charge in [0.1, 0.15) is 12.1 Å². The van der Waals surface area contributed by atoms with Gasteiger partial charge in [-0.05, 0) is 24.6 Å². The molecule has 1 aliphatic heterocycles. The lowest BCUT2D eigenvalue weighted by molar-refractivity contribution is -0.585. The first-order valence-electron chi connectivity index (χ1n) is 6.99. The van der Waals surface area contributed by atoms with E-state index < -0.39 is 0 Å². The van der Waals surface area contributed by atoms with Crippen molar-refractivity contribution in [2.75, 3.05) is 6.54 Å². The highest BCUT2D eigenvalue weighted by molar-refractivity contribution is 8.17. The van der Waals surface area contributed by atoms with Crippen LogP contribution in [0.5, 0.6) is 0 Å². The Hall–Kier alpha value is -0.770. The molecule has 0 aromatic rings. The van der Waals surface area contributed by atoms with Crippen LogP contribution in [0.4, 0.5) is 0 Å². The number of ketones is 1. The summed E-state index contributed by atoms with van der Waals surface area (Å²) in [7, 11) is 0. The third-order valence-electron chi connectivity index (χ3n) is 3.92. The summed E-state index contributed by atoms with van der Waals surface area (Å²) in [5, 5.41) is 0.720. The average Bonchev–Trinajstić information content (AvgIpc) is 2.52. The summed E-state index contributed by atoms with van der Waals surface area (Å²) in [4.78, 5) is 13.4. The highest BCUT2D eigenvalue weighted by atomic mass is 32.2. The second kappa shape index (κ2) is 5.70. The van der Waals surface area contributed by atoms with Crippen molar-refractivity contribution >= 4 is 22.7 Å². The van der Waals surface area contributed by atoms with Crippen LogP contribution in [0.25, 0.3) is 0 Å². The second-order valence-corrected chi connectivity index (χ2v) is 7.37. The minimum absolute atomic E-state index is 0.148. The molecule has 0 radical (unpaired) electrons. The fourth-order valence-corrected chi connectivity index (χ4v) is 3.65. The third kappa shape index (κ3) is 3.04. The molecule has 19 heavy (non-hydrogen) atoms. The van der Waals surface area contributed by atoms with Crippen LogP contribution in [0.1, 0.15) is 53.9 Å². The van der Waals surface area contributed by atoms with Gasteiger partial charge in [-0.2, -0.15) is 0 Å². The lowest BCUT2D eigenvalue weighted by atomic mass is 9.86. The molecule has 108 valence electrons. The molecule has 0 spiro atoms. The van der Waals surface area contributed by atoms with Gasteiger partial charge in [-0.25, -0.2) is 4.58 Å². The quantitative estimate of drug-likeness (QED) is 0.788. The zero-order valence-corrected chi connectivity index (χ0v) is 13.7. The molecule has 1 heterocycles. The van der Waals surface area contributed by atoms with Crippen LogP contribution in [0.15, 0.2) is 11.5 Å². The number of nitrogens with two attached hydrogens (primary N) is 1. The highest BCUT2D eigenvalue weighted by Gasteiger charge is 2.47. The van der Waals surface area contributed by atoms with Crippen LogP contribution in [0, 0.1) is 5.41 Å². The molecule has 0 aliphatic carbocycles. The maximum absolute atomic E-state index is 12.3. The van der Waals surface area contributed by atoms with Crippen molar-refractivity contribution in [3.8, 4) is 0 Å². The standard InChI is InChI=1S/C15H26N2OS/c1-7-9-15(8-2)11(3)19-13(16)17(15)10-12(18)14(4,5)6/h16H,3,7-10H2,1-2,4-6H3/p+1. The molecule has 0 aromatic carbocycles. The lowest BCUT2D eigenvalue weighted by Crippen LogP contribution is -2.46. The van der Waals surface area contributed by atoms with Gasteiger partial charge in [0.15, 0.2) is 5.78 Å². The molecule has 1 atom stereocenters. The van der Waals surface area contributed by atoms with Crippen molar-refractivity contribution in [3.63, 3.8) is 0 Å². The Labute approximate surface area is 121 Å². The van der Waals surface area contributed by atoms with E-state index in [4.69, 9.17) is 5.73 Å². The van der Waals surface area contributed by atoms with E-state index in [1.54, 1.807) is 0 Å². The normalized spacial score (nSPS) is 24.2. The number of carbonyl (C=O) groups excluding carboxylic acids is 1. The van der Waals surface area contributed by atoms with Gasteiger partial charge in [0.2, 0.25) is 0 Å². The summed E-state index contributed by atoms with van der Waals surface area (Å²) in [6, 6.07) is 0. The van der Waals surface area contributed by atoms with E-state index in [-0.39, 0.29) is 16.7 Å². The molecule has 1 aliphatic rings. The predicted octanol–water partition coefficient (Wildman–Crippen LogP) is 3.14. The first-order chi connectivity index (χ1) is 8.69. The molecular weight excluding hydrogens is 256 g/mol. The topological polar surface area (TPSA) is 46.1 Å². The molecular formula is C15H27N2OS+. The number of hydrogen-bond donors (Lipinski definition) is 1. The highest BCUT2D eigenvalue weighted by Crippen LogP contribution is 2.42. The summed E-state index contributed by atoms with van der Waals surface area (Å²) in [6.07, 6.45) is 2.99. The fourth-order valence-electron chi connectivity index (χ4n) is 2.50. The van der Waals surface area contributed by atoms with Gasteiger partial charge in [-0.1, -0.05) is 47.6 Å². The number of amidine groups is 1. The molecule has 2 N–H and O–H groups in total. The Morgan fingerprint density at radius 3 is 2.42 bits per heavy atom. The van der Waals surface area contributed by atoms with Crippen LogP contribution >= 0.6 is 11.8 Å². The van der Waals surface area contributed by atoms with Crippen molar-refractivity contribution in [3.05, 3.63) is 11.5 Å². The molecule has 3 nitrogen and oxygen atoms in total. The van der Waals surface area contributed by atoms with Crippen molar-refractivity contribution in [2.45, 2.75) is 59.4 Å². The summed E-state index contributed by atoms with van der Waals surface area (Å²) in [5.41, 5.74) is 5.65. The maximum atomic E-state index is 12.3. The Bertz CT molecular complexity index is 420. The minimum Gasteiger partial charge on any atom is -0.295 e. The molecule has 0 fully saturated rings. The Morgan fingerprint density at radius 1 is 1.42 bits per heavy atom. The van der Waals surface area contributed by atoms with Crippen molar-refractivity contribution in [1.82, 2.24) is 0 Å². The van der Waals surface area contributed by atoms with E-state index in [1.807, 2.05) is 20.8 Å². The SMILES string of the molecule is C=C1SC(N)=[N+](CC(=O)C(C)(C)C)C1(CC)CCC. The maximum Gasteiger partial charge on any atom is 0.309 e. The largest absolute Gasteiger partial charge is 0.309 e. The van der Waals surface area contributed by atoms with E-state index in [2.05, 4.69) is 25.0 Å². The number of carbonyl (C=O) groups is 1. The van der Waals surface area contributed by atoms with Crippen molar-refractivity contribution in [2.24, 2.45) is 11.1 Å². The summed E-state index contributed by atoms with van der Waals surface area (Å²) >= 11 is 1.53. The number of thioether (sulfide) groups is 1. The summed E-state index contributed by atoms with van der Waals surface area (Å²) < 4.78 is 2.08. The van der Waals surface area contributed by atoms with Gasteiger partial charge in [-0.3, -0.25) is 10.5 Å². The van der Waals surface area contributed by atoms with Crippen LogP contribution in [0.2, 0.25) is 0 Å². The van der Waals surface area contributed by atoms with Gasteiger partial charge in [0.25, 0.3) is 0 Å². The smallest absolute Gasteiger partial charge is 0.295 e. The summed E-state index contributed by atoms with van der Waals surface area (Å²) in [6.45, 7) is 14.7. The van der Waals surface area contributed by atoms with E-state index >= 15 is 0 Å². The van der Waals surface area contributed by atoms with Gasteiger partial charge in [0, 0.05) is 10.3 Å². The average molecular weight is 283 g/mol. The molecule has 0 bridgehead atoms. The Morgan fingerprint density at radius 2 is 2.00 bits per heavy atom. The van der Waals surface area contributed by atoms with Crippen LogP contribution in [0.3, 0.4) is 0 Å². The Kier molecular flexibility index (Phi) is 4.88. The zero-order valence-electron chi connectivity index (χ0n) is 12.9. The van der Waals surface area contributed by atoms with Gasteiger partial charge in [0.05, 0.1) is 0 Å². The molecule has 0 saturated carbocycles. The first-order valence-corrected chi connectivity index (χ1v) is 7.81. The van der Waals surface area contributed by atoms with E-state index in [0.29, 0.717) is 6.54 Å². The monoisotopic (exact) mass is 283 g/mol. The van der Waals surface area contributed by atoms with Gasteiger partial charge >= 0.3 is 5.17 Å². The second-order valence-electron chi connectivity index (χ2n) is 6.26. The first kappa shape index (κ1) is 16.3. The predicted molar refractivity (Wildman–Crippen MR) is 83.4 cm³/mol. The molecule has 0 amide bonds. The van der Waals surface area contributed by atoms with E-state index in [0.717, 1.165) is 29.3 Å². The number of nitrogens with zero attached hydrogens (tertiary/aromatic N) is 1. The Balaban J connectivity index is 3.11. The molecule has 1 rings (SSSR count). The molecule has 0 aromatic heterocycles. The van der Waals surface area contributed by atoms with Crippen LogP contribution in [-0.2, 0) is 4.79 Å². The minimum atomic E-state index is -0.333. The molecule has 0 saturated heterocycles. The third-order valence-corrected chi connectivity index (χ3v) is 4.97. The fraction of sp³-hybridized carbons (Fsp3) is 0.733. The van der Waals surface area contributed by atoms with Crippen LogP contribution in [-0.4, -0.2) is 27.6 Å².